The number of carbonyl (C=O) groups is 1. The van der Waals surface area contributed by atoms with Crippen LogP contribution in [0.4, 0.5) is 0 Å². The second-order valence-electron chi connectivity index (χ2n) is 4.89. The van der Waals surface area contributed by atoms with Crippen molar-refractivity contribution >= 4 is 123 Å². The summed E-state index contributed by atoms with van der Waals surface area (Å²) in [5, 5.41) is 16.3. The molecule has 0 heterocycles. The SMILES string of the molecule is CSCSCSCSCSC(=O)CSCSCSCSCCOOCCSCCO. The molecule has 0 radical (unpaired) electrons. The first kappa shape index (κ1) is 33.0. The summed E-state index contributed by atoms with van der Waals surface area (Å²) in [6.07, 6.45) is 2.13. The van der Waals surface area contributed by atoms with Crippen LogP contribution in [0.25, 0.3) is 0 Å². The van der Waals surface area contributed by atoms with Gasteiger partial charge in [-0.05, 0) is 6.26 Å². The third-order valence-corrected chi connectivity index (χ3v) is 14.4. The average Bonchev–Trinajstić information content (AvgIpc) is 2.75. The highest BCUT2D eigenvalue weighted by molar-refractivity contribution is 8.30. The van der Waals surface area contributed by atoms with Crippen molar-refractivity contribution in [2.45, 2.75) is 0 Å². The molecule has 0 aliphatic heterocycles. The Morgan fingerprint density at radius 2 is 1.20 bits per heavy atom. The number of rotatable bonds is 25. The highest BCUT2D eigenvalue weighted by Crippen LogP contribution is 2.24. The third-order valence-electron chi connectivity index (χ3n) is 2.50. The number of aliphatic hydroxyl groups is 1. The van der Waals surface area contributed by atoms with Crippen molar-refractivity contribution in [3.63, 3.8) is 0 Å². The van der Waals surface area contributed by atoms with E-state index < -0.39 is 0 Å². The van der Waals surface area contributed by atoms with E-state index in [2.05, 4.69) is 6.26 Å². The molecule has 0 rings (SSSR count). The predicted octanol–water partition coefficient (Wildman–Crippen LogP) is 6.12. The van der Waals surface area contributed by atoms with Gasteiger partial charge in [0, 0.05) is 52.9 Å². The summed E-state index contributed by atoms with van der Waals surface area (Å²) in [7, 11) is 0. The van der Waals surface area contributed by atoms with Gasteiger partial charge in [-0.3, -0.25) is 4.79 Å². The fourth-order valence-electron chi connectivity index (χ4n) is 1.35. The van der Waals surface area contributed by atoms with Crippen LogP contribution < -0.4 is 0 Å². The summed E-state index contributed by atoms with van der Waals surface area (Å²) in [4.78, 5) is 22.0. The average molecular weight is 609 g/mol. The van der Waals surface area contributed by atoms with E-state index in [1.807, 2.05) is 82.3 Å². The van der Waals surface area contributed by atoms with Crippen molar-refractivity contribution in [1.82, 2.24) is 0 Å². The Balaban J connectivity index is 3.12. The van der Waals surface area contributed by atoms with Crippen LogP contribution in [0.2, 0.25) is 0 Å². The molecule has 0 aromatic carbocycles. The van der Waals surface area contributed by atoms with Crippen molar-refractivity contribution in [2.24, 2.45) is 0 Å². The molecule has 0 aromatic rings. The van der Waals surface area contributed by atoms with Gasteiger partial charge in [0.15, 0.2) is 5.12 Å². The number of hydrogen-bond donors (Lipinski definition) is 1. The normalized spacial score (nSPS) is 11.3. The minimum absolute atomic E-state index is 0.213. The Bertz CT molecular complexity index is 358. The molecule has 0 spiro atoms. The lowest BCUT2D eigenvalue weighted by Gasteiger charge is -2.04. The molecule has 30 heavy (non-hydrogen) atoms. The van der Waals surface area contributed by atoms with E-state index in [1.165, 1.54) is 11.8 Å². The Kier molecular flexibility index (Phi) is 33.1. The lowest BCUT2D eigenvalue weighted by atomic mass is 10.9. The van der Waals surface area contributed by atoms with Crippen LogP contribution in [0.1, 0.15) is 0 Å². The largest absolute Gasteiger partial charge is 0.396 e. The molecular weight excluding hydrogens is 577 g/mol. The third kappa shape index (κ3) is 29.1. The first-order valence-electron chi connectivity index (χ1n) is 8.93. The lowest BCUT2D eigenvalue weighted by Crippen LogP contribution is -2.03. The van der Waals surface area contributed by atoms with E-state index in [0.717, 1.165) is 52.9 Å². The van der Waals surface area contributed by atoms with E-state index in [-0.39, 0.29) is 6.61 Å². The van der Waals surface area contributed by atoms with E-state index in [4.69, 9.17) is 14.9 Å². The number of thioether (sulfide) groups is 10. The maximum atomic E-state index is 11.8. The van der Waals surface area contributed by atoms with Gasteiger partial charge in [0.25, 0.3) is 0 Å². The van der Waals surface area contributed by atoms with Gasteiger partial charge in [-0.2, -0.15) is 23.5 Å². The Morgan fingerprint density at radius 3 is 1.83 bits per heavy atom. The van der Waals surface area contributed by atoms with E-state index in [9.17, 15) is 4.79 Å². The number of aliphatic hydroxyl groups excluding tert-OH is 1. The molecule has 0 saturated carbocycles. The van der Waals surface area contributed by atoms with Crippen LogP contribution in [-0.4, -0.2) is 94.9 Å². The van der Waals surface area contributed by atoms with Gasteiger partial charge < -0.3 is 5.11 Å². The summed E-state index contributed by atoms with van der Waals surface area (Å²) < 4.78 is 0. The maximum absolute atomic E-state index is 11.8. The monoisotopic (exact) mass is 608 g/mol. The minimum Gasteiger partial charge on any atom is -0.396 e. The molecule has 0 atom stereocenters. The molecule has 0 aromatic heterocycles. The Morgan fingerprint density at radius 1 is 0.667 bits per heavy atom. The van der Waals surface area contributed by atoms with E-state index >= 15 is 0 Å². The highest BCUT2D eigenvalue weighted by atomic mass is 32.3. The van der Waals surface area contributed by atoms with Crippen molar-refractivity contribution < 1.29 is 19.7 Å². The van der Waals surface area contributed by atoms with Gasteiger partial charge in [-0.25, -0.2) is 9.78 Å². The molecule has 0 aliphatic rings. The minimum atomic E-state index is 0.213. The zero-order valence-electron chi connectivity index (χ0n) is 17.2. The van der Waals surface area contributed by atoms with Gasteiger partial charge in [-0.1, -0.05) is 11.8 Å². The van der Waals surface area contributed by atoms with E-state index in [0.29, 0.717) is 24.1 Å². The molecule has 1 N–H and O–H groups in total. The summed E-state index contributed by atoms with van der Waals surface area (Å²) in [6.45, 7) is 1.38. The molecule has 0 aliphatic carbocycles. The van der Waals surface area contributed by atoms with Crippen LogP contribution >= 0.6 is 118 Å². The molecule has 0 amide bonds. The smallest absolute Gasteiger partial charge is 0.199 e. The topological polar surface area (TPSA) is 55.8 Å². The molecule has 0 bridgehead atoms. The lowest BCUT2D eigenvalue weighted by molar-refractivity contribution is -0.285. The van der Waals surface area contributed by atoms with Gasteiger partial charge in [-0.15, -0.1) is 82.3 Å². The van der Waals surface area contributed by atoms with Crippen molar-refractivity contribution in [2.75, 3.05) is 84.7 Å². The number of hydrogen-bond acceptors (Lipinski definition) is 14. The second kappa shape index (κ2) is 30.1. The molecule has 0 fully saturated rings. The first-order valence-corrected chi connectivity index (χ1v) is 20.5. The van der Waals surface area contributed by atoms with Crippen molar-refractivity contribution in [3.05, 3.63) is 0 Å². The van der Waals surface area contributed by atoms with Crippen LogP contribution in [0.3, 0.4) is 0 Å². The van der Waals surface area contributed by atoms with Gasteiger partial charge in [0.1, 0.15) is 0 Å². The van der Waals surface area contributed by atoms with Crippen LogP contribution in [0, 0.1) is 0 Å². The summed E-state index contributed by atoms with van der Waals surface area (Å²) in [5.41, 5.74) is 0. The summed E-state index contributed by atoms with van der Waals surface area (Å²) >= 11 is 18.1. The fraction of sp³-hybridized carbons (Fsp3) is 0.938. The van der Waals surface area contributed by atoms with Crippen molar-refractivity contribution in [1.29, 1.82) is 0 Å². The van der Waals surface area contributed by atoms with E-state index in [1.54, 1.807) is 23.5 Å². The molecule has 0 saturated heterocycles. The van der Waals surface area contributed by atoms with Gasteiger partial charge in [0.05, 0.1) is 25.6 Å². The summed E-state index contributed by atoms with van der Waals surface area (Å²) in [5.74, 6) is 3.14. The Labute approximate surface area is 225 Å². The zero-order chi connectivity index (χ0) is 22.0. The standard InChI is InChI=1S/C16H32O4S10/c1-21-9-25-12-28-14-29-15-30-16(18)8-24-11-27-13-26-10-23-7-4-20-19-3-6-22-5-2-17/h17H,2-15H2,1H3. The predicted molar refractivity (Wildman–Crippen MR) is 159 cm³/mol. The second-order valence-corrected chi connectivity index (χ2v) is 17.6. The van der Waals surface area contributed by atoms with Crippen molar-refractivity contribution in [3.8, 4) is 0 Å². The molecule has 180 valence electrons. The molecule has 14 heteroatoms. The van der Waals surface area contributed by atoms with Crippen LogP contribution in [-0.2, 0) is 14.6 Å². The molecule has 0 unspecified atom stereocenters. The maximum Gasteiger partial charge on any atom is 0.199 e. The fourth-order valence-corrected chi connectivity index (χ4v) is 11.9. The highest BCUT2D eigenvalue weighted by Gasteiger charge is 2.03. The quantitative estimate of drug-likeness (QED) is 0.0560. The number of carbonyl (C=O) groups excluding carboxylic acids is 1. The molecular formula is C16H32O4S10. The van der Waals surface area contributed by atoms with Crippen LogP contribution in [0.5, 0.6) is 0 Å². The summed E-state index contributed by atoms with van der Waals surface area (Å²) in [6, 6.07) is 0. The van der Waals surface area contributed by atoms with Gasteiger partial charge >= 0.3 is 0 Å². The molecule has 4 nitrogen and oxygen atoms in total. The Hall–Kier alpha value is 3.05. The zero-order valence-corrected chi connectivity index (χ0v) is 25.3. The van der Waals surface area contributed by atoms with Crippen LogP contribution in [0.15, 0.2) is 0 Å². The van der Waals surface area contributed by atoms with Gasteiger partial charge in [0.2, 0.25) is 0 Å². The first-order chi connectivity index (χ1) is 14.8.